The van der Waals surface area contributed by atoms with Gasteiger partial charge in [0.05, 0.1) is 11.3 Å². The SMILES string of the molecule is CN(Cc1ccccc1Cl)c1nccc(C#N)c1N. The molecule has 19 heavy (non-hydrogen) atoms. The highest BCUT2D eigenvalue weighted by molar-refractivity contribution is 6.31. The predicted octanol–water partition coefficient (Wildman–Crippen LogP) is 2.83. The average Bonchev–Trinajstić information content (AvgIpc) is 2.41. The summed E-state index contributed by atoms with van der Waals surface area (Å²) in [6.07, 6.45) is 1.58. The lowest BCUT2D eigenvalue weighted by atomic mass is 10.2. The third-order valence-corrected chi connectivity index (χ3v) is 3.19. The molecule has 0 aliphatic carbocycles. The maximum absolute atomic E-state index is 8.96. The monoisotopic (exact) mass is 272 g/mol. The van der Waals surface area contributed by atoms with E-state index in [9.17, 15) is 0 Å². The number of nitrogens with two attached hydrogens (primary N) is 1. The second-order valence-corrected chi connectivity index (χ2v) is 4.56. The van der Waals surface area contributed by atoms with Crippen LogP contribution in [0.15, 0.2) is 36.5 Å². The second kappa shape index (κ2) is 5.59. The first kappa shape index (κ1) is 13.2. The fraction of sp³-hybridized carbons (Fsp3) is 0.143. The molecule has 2 rings (SSSR count). The Morgan fingerprint density at radius 2 is 2.11 bits per heavy atom. The third kappa shape index (κ3) is 2.78. The lowest BCUT2D eigenvalue weighted by molar-refractivity contribution is 0.900. The van der Waals surface area contributed by atoms with E-state index < -0.39 is 0 Å². The number of anilines is 2. The largest absolute Gasteiger partial charge is 0.395 e. The first-order valence-electron chi connectivity index (χ1n) is 5.72. The number of aromatic nitrogens is 1. The van der Waals surface area contributed by atoms with Gasteiger partial charge in [0.1, 0.15) is 6.07 Å². The van der Waals surface area contributed by atoms with Crippen LogP contribution in [0.2, 0.25) is 5.02 Å². The maximum atomic E-state index is 8.96. The van der Waals surface area contributed by atoms with E-state index in [1.165, 1.54) is 0 Å². The summed E-state index contributed by atoms with van der Waals surface area (Å²) in [6.45, 7) is 0.575. The van der Waals surface area contributed by atoms with Crippen LogP contribution in [-0.2, 0) is 6.54 Å². The number of halogens is 1. The summed E-state index contributed by atoms with van der Waals surface area (Å²) in [7, 11) is 1.86. The fourth-order valence-corrected chi connectivity index (χ4v) is 2.02. The van der Waals surface area contributed by atoms with E-state index in [-0.39, 0.29) is 0 Å². The third-order valence-electron chi connectivity index (χ3n) is 2.82. The highest BCUT2D eigenvalue weighted by atomic mass is 35.5. The zero-order chi connectivity index (χ0) is 13.8. The summed E-state index contributed by atoms with van der Waals surface area (Å²) < 4.78 is 0. The van der Waals surface area contributed by atoms with E-state index in [0.717, 1.165) is 5.56 Å². The molecule has 0 spiro atoms. The van der Waals surface area contributed by atoms with Gasteiger partial charge < -0.3 is 10.6 Å². The van der Waals surface area contributed by atoms with Crippen molar-refractivity contribution in [1.29, 1.82) is 5.26 Å². The van der Waals surface area contributed by atoms with Gasteiger partial charge in [0.25, 0.3) is 0 Å². The molecule has 0 radical (unpaired) electrons. The number of hydrogen-bond donors (Lipinski definition) is 1. The fourth-order valence-electron chi connectivity index (χ4n) is 1.82. The Balaban J connectivity index is 2.29. The number of pyridine rings is 1. The van der Waals surface area contributed by atoms with Crippen LogP contribution in [0.3, 0.4) is 0 Å². The molecular weight excluding hydrogens is 260 g/mol. The Labute approximate surface area is 117 Å². The minimum Gasteiger partial charge on any atom is -0.395 e. The van der Waals surface area contributed by atoms with Crippen LogP contribution in [0.1, 0.15) is 11.1 Å². The smallest absolute Gasteiger partial charge is 0.153 e. The first-order valence-corrected chi connectivity index (χ1v) is 6.10. The van der Waals surface area contributed by atoms with Crippen LogP contribution in [0.25, 0.3) is 0 Å². The lowest BCUT2D eigenvalue weighted by Crippen LogP contribution is -2.19. The Bertz CT molecular complexity index is 634. The molecule has 5 heteroatoms. The van der Waals surface area contributed by atoms with Crippen LogP contribution < -0.4 is 10.6 Å². The number of nitriles is 1. The van der Waals surface area contributed by atoms with Crippen LogP contribution >= 0.6 is 11.6 Å². The van der Waals surface area contributed by atoms with Crippen molar-refractivity contribution in [3.05, 3.63) is 52.7 Å². The Morgan fingerprint density at radius 1 is 1.37 bits per heavy atom. The van der Waals surface area contributed by atoms with Gasteiger partial charge in [-0.05, 0) is 17.7 Å². The molecule has 0 amide bonds. The minimum absolute atomic E-state index is 0.388. The van der Waals surface area contributed by atoms with Gasteiger partial charge in [-0.1, -0.05) is 29.8 Å². The van der Waals surface area contributed by atoms with Crippen molar-refractivity contribution in [2.75, 3.05) is 17.7 Å². The van der Waals surface area contributed by atoms with Crippen LogP contribution in [0.5, 0.6) is 0 Å². The van der Waals surface area contributed by atoms with E-state index in [4.69, 9.17) is 22.6 Å². The van der Waals surface area contributed by atoms with E-state index in [1.54, 1.807) is 12.3 Å². The van der Waals surface area contributed by atoms with E-state index in [0.29, 0.717) is 28.6 Å². The first-order chi connectivity index (χ1) is 9.13. The Hall–Kier alpha value is -2.25. The molecule has 4 nitrogen and oxygen atoms in total. The minimum atomic E-state index is 0.388. The van der Waals surface area contributed by atoms with E-state index in [1.807, 2.05) is 42.3 Å². The van der Waals surface area contributed by atoms with Crippen molar-refractivity contribution in [1.82, 2.24) is 4.98 Å². The number of nitrogen functional groups attached to an aromatic ring is 1. The van der Waals surface area contributed by atoms with Gasteiger partial charge in [0.2, 0.25) is 0 Å². The van der Waals surface area contributed by atoms with E-state index in [2.05, 4.69) is 4.98 Å². The highest BCUT2D eigenvalue weighted by Gasteiger charge is 2.12. The average molecular weight is 273 g/mol. The quantitative estimate of drug-likeness (QED) is 0.933. The molecule has 0 aliphatic heterocycles. The van der Waals surface area contributed by atoms with Crippen molar-refractivity contribution in [2.45, 2.75) is 6.54 Å². The molecule has 2 N–H and O–H groups in total. The van der Waals surface area contributed by atoms with Crippen LogP contribution in [0.4, 0.5) is 11.5 Å². The Morgan fingerprint density at radius 3 is 2.79 bits per heavy atom. The number of rotatable bonds is 3. The molecule has 0 fully saturated rings. The van der Waals surface area contributed by atoms with Crippen molar-refractivity contribution >= 4 is 23.1 Å². The summed E-state index contributed by atoms with van der Waals surface area (Å²) in [5, 5.41) is 9.66. The summed E-state index contributed by atoms with van der Waals surface area (Å²) in [5.41, 5.74) is 7.72. The molecule has 0 saturated carbocycles. The lowest BCUT2D eigenvalue weighted by Gasteiger charge is -2.20. The Kier molecular flexibility index (Phi) is 3.88. The molecule has 0 atom stereocenters. The van der Waals surface area contributed by atoms with Gasteiger partial charge in [0, 0.05) is 24.8 Å². The summed E-state index contributed by atoms with van der Waals surface area (Å²) in [6, 6.07) is 11.2. The summed E-state index contributed by atoms with van der Waals surface area (Å²) in [5.74, 6) is 0.582. The van der Waals surface area contributed by atoms with Gasteiger partial charge in [-0.2, -0.15) is 5.26 Å². The van der Waals surface area contributed by atoms with Gasteiger partial charge >= 0.3 is 0 Å². The standard InChI is InChI=1S/C14H13ClN4/c1-19(9-11-4-2-3-5-12(11)15)14-13(17)10(8-16)6-7-18-14/h2-7H,9,17H2,1H3. The van der Waals surface area contributed by atoms with Crippen LogP contribution in [0, 0.1) is 11.3 Å². The van der Waals surface area contributed by atoms with Gasteiger partial charge in [-0.3, -0.25) is 0 Å². The zero-order valence-corrected chi connectivity index (χ0v) is 11.2. The van der Waals surface area contributed by atoms with Gasteiger partial charge in [-0.25, -0.2) is 4.98 Å². The molecule has 0 bridgehead atoms. The van der Waals surface area contributed by atoms with Gasteiger partial charge in [0.15, 0.2) is 5.82 Å². The topological polar surface area (TPSA) is 65.9 Å². The molecule has 1 aromatic carbocycles. The predicted molar refractivity (Wildman–Crippen MR) is 76.9 cm³/mol. The number of nitrogens with zero attached hydrogens (tertiary/aromatic N) is 3. The van der Waals surface area contributed by atoms with Crippen molar-refractivity contribution in [3.8, 4) is 6.07 Å². The van der Waals surface area contributed by atoms with Crippen molar-refractivity contribution < 1.29 is 0 Å². The molecule has 2 aromatic rings. The molecule has 0 aliphatic rings. The highest BCUT2D eigenvalue weighted by Crippen LogP contribution is 2.25. The molecule has 1 aromatic heterocycles. The normalized spacial score (nSPS) is 9.95. The zero-order valence-electron chi connectivity index (χ0n) is 10.5. The maximum Gasteiger partial charge on any atom is 0.153 e. The van der Waals surface area contributed by atoms with Crippen molar-refractivity contribution in [3.63, 3.8) is 0 Å². The molecule has 96 valence electrons. The van der Waals surface area contributed by atoms with Crippen molar-refractivity contribution in [2.24, 2.45) is 0 Å². The second-order valence-electron chi connectivity index (χ2n) is 4.16. The molecule has 0 saturated heterocycles. The summed E-state index contributed by atoms with van der Waals surface area (Å²) in [4.78, 5) is 6.09. The number of hydrogen-bond acceptors (Lipinski definition) is 4. The van der Waals surface area contributed by atoms with Gasteiger partial charge in [-0.15, -0.1) is 0 Å². The number of benzene rings is 1. The molecule has 0 unspecified atom stereocenters. The molecule has 1 heterocycles. The molecular formula is C14H13ClN4. The van der Waals surface area contributed by atoms with E-state index >= 15 is 0 Å². The summed E-state index contributed by atoms with van der Waals surface area (Å²) >= 11 is 6.12. The van der Waals surface area contributed by atoms with Crippen LogP contribution in [-0.4, -0.2) is 12.0 Å².